The van der Waals surface area contributed by atoms with Gasteiger partial charge in [0.2, 0.25) is 0 Å². The number of aromatic nitrogens is 1. The summed E-state index contributed by atoms with van der Waals surface area (Å²) >= 11 is 1.67. The molecule has 0 radical (unpaired) electrons. The molecule has 22 heavy (non-hydrogen) atoms. The number of carbonyl (C=O) groups excluding carboxylic acids is 1. The molecular weight excluding hydrogens is 306 g/mol. The van der Waals surface area contributed by atoms with E-state index in [0.717, 1.165) is 30.9 Å². The molecule has 8 heteroatoms. The van der Waals surface area contributed by atoms with E-state index >= 15 is 0 Å². The van der Waals surface area contributed by atoms with Crippen LogP contribution in [0.4, 0.5) is 5.69 Å². The topological polar surface area (TPSA) is 105 Å². The number of rotatable bonds is 3. The van der Waals surface area contributed by atoms with Crippen molar-refractivity contribution in [1.82, 2.24) is 10.3 Å². The Morgan fingerprint density at radius 3 is 3.09 bits per heavy atom. The van der Waals surface area contributed by atoms with Crippen LogP contribution < -0.4 is 10.9 Å². The van der Waals surface area contributed by atoms with Gasteiger partial charge < -0.3 is 10.3 Å². The number of nitrogens with one attached hydrogen (secondary N) is 2. The number of nitro groups is 1. The van der Waals surface area contributed by atoms with Gasteiger partial charge in [-0.1, -0.05) is 0 Å². The van der Waals surface area contributed by atoms with Gasteiger partial charge in [-0.15, -0.1) is 11.3 Å². The second kappa shape index (κ2) is 5.72. The minimum atomic E-state index is -0.820. The van der Waals surface area contributed by atoms with Crippen LogP contribution in [0.25, 0.3) is 0 Å². The highest BCUT2D eigenvalue weighted by Gasteiger charge is 2.24. The lowest BCUT2D eigenvalue weighted by atomic mass is 9.94. The van der Waals surface area contributed by atoms with Gasteiger partial charge >= 0.3 is 11.2 Å². The Morgan fingerprint density at radius 1 is 1.50 bits per heavy atom. The average Bonchev–Trinajstić information content (AvgIpc) is 2.97. The van der Waals surface area contributed by atoms with Crippen molar-refractivity contribution in [2.24, 2.45) is 0 Å². The van der Waals surface area contributed by atoms with Crippen molar-refractivity contribution in [2.75, 3.05) is 0 Å². The first-order chi connectivity index (χ1) is 10.6. The fraction of sp³-hybridized carbons (Fsp3) is 0.286. The van der Waals surface area contributed by atoms with Crippen LogP contribution in [-0.2, 0) is 6.42 Å². The van der Waals surface area contributed by atoms with Crippen molar-refractivity contribution >= 4 is 22.9 Å². The maximum Gasteiger partial charge on any atom is 0.334 e. The first-order valence-electron chi connectivity index (χ1n) is 6.80. The Balaban J connectivity index is 1.83. The van der Waals surface area contributed by atoms with E-state index in [4.69, 9.17) is 0 Å². The van der Waals surface area contributed by atoms with E-state index in [0.29, 0.717) is 0 Å². The predicted octanol–water partition coefficient (Wildman–Crippen LogP) is 2.15. The second-order valence-electron chi connectivity index (χ2n) is 5.08. The second-order valence-corrected chi connectivity index (χ2v) is 6.08. The zero-order valence-electron chi connectivity index (χ0n) is 11.5. The summed E-state index contributed by atoms with van der Waals surface area (Å²) in [7, 11) is 0. The number of H-pyrrole nitrogens is 1. The molecule has 2 heterocycles. The molecule has 0 aliphatic heterocycles. The quantitative estimate of drug-likeness (QED) is 0.668. The van der Waals surface area contributed by atoms with Crippen molar-refractivity contribution in [1.29, 1.82) is 0 Å². The van der Waals surface area contributed by atoms with Crippen LogP contribution in [0.5, 0.6) is 0 Å². The normalized spacial score (nSPS) is 16.8. The molecule has 3 rings (SSSR count). The first kappa shape index (κ1) is 14.5. The van der Waals surface area contributed by atoms with Crippen molar-refractivity contribution < 1.29 is 9.72 Å². The summed E-state index contributed by atoms with van der Waals surface area (Å²) in [6, 6.07) is 2.92. The summed E-state index contributed by atoms with van der Waals surface area (Å²) in [4.78, 5) is 37.1. The zero-order valence-corrected chi connectivity index (χ0v) is 12.3. The van der Waals surface area contributed by atoms with Gasteiger partial charge in [-0.3, -0.25) is 19.7 Å². The van der Waals surface area contributed by atoms with Gasteiger partial charge in [-0.2, -0.15) is 0 Å². The molecule has 0 aromatic carbocycles. The molecule has 1 amide bonds. The Hall–Kier alpha value is -2.48. The molecule has 0 bridgehead atoms. The number of aromatic amines is 1. The third-order valence-electron chi connectivity index (χ3n) is 3.70. The van der Waals surface area contributed by atoms with Crippen LogP contribution >= 0.6 is 11.3 Å². The van der Waals surface area contributed by atoms with E-state index in [9.17, 15) is 19.7 Å². The number of amides is 1. The summed E-state index contributed by atoms with van der Waals surface area (Å²) in [5.41, 5.74) is -0.260. The van der Waals surface area contributed by atoms with Crippen molar-refractivity contribution in [3.05, 3.63) is 60.2 Å². The summed E-state index contributed by atoms with van der Waals surface area (Å²) in [6.07, 6.45) is 4.04. The highest BCUT2D eigenvalue weighted by molar-refractivity contribution is 7.10. The third-order valence-corrected chi connectivity index (χ3v) is 4.70. The van der Waals surface area contributed by atoms with Gasteiger partial charge in [0.15, 0.2) is 0 Å². The lowest BCUT2D eigenvalue weighted by Crippen LogP contribution is -2.31. The minimum absolute atomic E-state index is 0.0775. The van der Waals surface area contributed by atoms with Gasteiger partial charge in [0.05, 0.1) is 16.5 Å². The molecule has 1 aliphatic rings. The Labute approximate surface area is 129 Å². The molecule has 2 N–H and O–H groups in total. The molecule has 1 aliphatic carbocycles. The molecule has 0 fully saturated rings. The Kier molecular flexibility index (Phi) is 3.76. The van der Waals surface area contributed by atoms with Crippen LogP contribution in [0.2, 0.25) is 0 Å². The van der Waals surface area contributed by atoms with Crippen LogP contribution in [-0.4, -0.2) is 15.8 Å². The van der Waals surface area contributed by atoms with Crippen molar-refractivity contribution in [3.63, 3.8) is 0 Å². The van der Waals surface area contributed by atoms with Crippen LogP contribution in [0.3, 0.4) is 0 Å². The van der Waals surface area contributed by atoms with E-state index in [1.807, 2.05) is 11.4 Å². The summed E-state index contributed by atoms with van der Waals surface area (Å²) in [5, 5.41) is 15.7. The standard InChI is InChI=1S/C14H13N3O4S/c18-13(8-6-11(17(20)21)14(19)15-7-8)16-10-2-1-3-12-9(10)4-5-22-12/h4-7,10H,1-3H2,(H,15,19)(H,16,18)/t10-/m0/s1. The van der Waals surface area contributed by atoms with Gasteiger partial charge in [-0.25, -0.2) is 0 Å². The van der Waals surface area contributed by atoms with E-state index in [-0.39, 0.29) is 11.6 Å². The van der Waals surface area contributed by atoms with Gasteiger partial charge in [-0.05, 0) is 36.3 Å². The third kappa shape index (κ3) is 2.64. The molecule has 0 saturated heterocycles. The Morgan fingerprint density at radius 2 is 2.32 bits per heavy atom. The lowest BCUT2D eigenvalue weighted by molar-refractivity contribution is -0.386. The highest BCUT2D eigenvalue weighted by atomic mass is 32.1. The first-order valence-corrected chi connectivity index (χ1v) is 7.68. The molecule has 0 spiro atoms. The molecule has 2 aromatic rings. The van der Waals surface area contributed by atoms with Crippen LogP contribution in [0.15, 0.2) is 28.5 Å². The van der Waals surface area contributed by atoms with E-state index < -0.39 is 22.1 Å². The average molecular weight is 319 g/mol. The maximum atomic E-state index is 12.3. The number of carbonyl (C=O) groups is 1. The number of pyridine rings is 1. The summed E-state index contributed by atoms with van der Waals surface area (Å²) in [6.45, 7) is 0. The van der Waals surface area contributed by atoms with Gasteiger partial charge in [0, 0.05) is 17.1 Å². The maximum absolute atomic E-state index is 12.3. The molecule has 1 atom stereocenters. The van der Waals surface area contributed by atoms with E-state index in [1.54, 1.807) is 11.3 Å². The predicted molar refractivity (Wildman–Crippen MR) is 81.2 cm³/mol. The Bertz CT molecular complexity index is 795. The van der Waals surface area contributed by atoms with Crippen LogP contribution in [0.1, 0.15) is 39.7 Å². The molecule has 7 nitrogen and oxygen atoms in total. The SMILES string of the molecule is O=C(N[C@H]1CCCc2sccc21)c1c[nH]c(=O)c([N+](=O)[O-])c1. The number of thiophene rings is 1. The fourth-order valence-electron chi connectivity index (χ4n) is 2.62. The largest absolute Gasteiger partial charge is 0.345 e. The summed E-state index contributed by atoms with van der Waals surface area (Å²) < 4.78 is 0. The minimum Gasteiger partial charge on any atom is -0.345 e. The molecule has 0 unspecified atom stereocenters. The van der Waals surface area contributed by atoms with Crippen molar-refractivity contribution in [2.45, 2.75) is 25.3 Å². The molecular formula is C14H13N3O4S. The molecule has 2 aromatic heterocycles. The van der Waals surface area contributed by atoms with Crippen molar-refractivity contribution in [3.8, 4) is 0 Å². The fourth-order valence-corrected chi connectivity index (χ4v) is 3.60. The van der Waals surface area contributed by atoms with E-state index in [1.165, 1.54) is 11.1 Å². The monoisotopic (exact) mass is 319 g/mol. The van der Waals surface area contributed by atoms with Gasteiger partial charge in [0.25, 0.3) is 5.91 Å². The van der Waals surface area contributed by atoms with Crippen LogP contribution in [0, 0.1) is 10.1 Å². The van der Waals surface area contributed by atoms with Gasteiger partial charge in [0.1, 0.15) is 0 Å². The summed E-state index contributed by atoms with van der Waals surface area (Å²) in [5.74, 6) is -0.427. The highest BCUT2D eigenvalue weighted by Crippen LogP contribution is 2.33. The molecule has 0 saturated carbocycles. The number of hydrogen-bond acceptors (Lipinski definition) is 5. The zero-order chi connectivity index (χ0) is 15.7. The van der Waals surface area contributed by atoms with E-state index in [2.05, 4.69) is 10.3 Å². The lowest BCUT2D eigenvalue weighted by Gasteiger charge is -2.23. The number of aryl methyl sites for hydroxylation is 1. The number of hydrogen-bond donors (Lipinski definition) is 2. The molecule has 114 valence electrons. The number of nitrogens with zero attached hydrogens (tertiary/aromatic N) is 1. The number of fused-ring (bicyclic) bond motifs is 1. The smallest absolute Gasteiger partial charge is 0.334 e.